The highest BCUT2D eigenvalue weighted by molar-refractivity contribution is 6.30. The van der Waals surface area contributed by atoms with E-state index in [0.717, 1.165) is 42.8 Å². The van der Waals surface area contributed by atoms with Crippen molar-refractivity contribution in [1.29, 1.82) is 5.26 Å². The summed E-state index contributed by atoms with van der Waals surface area (Å²) in [4.78, 5) is 23.3. The zero-order chi connectivity index (χ0) is 29.8. The molecule has 0 atom stereocenters. The number of piperidine rings is 1. The van der Waals surface area contributed by atoms with Crippen LogP contribution in [0.2, 0.25) is 5.02 Å². The second-order valence-electron chi connectivity index (χ2n) is 10.2. The van der Waals surface area contributed by atoms with Crippen LogP contribution in [0.15, 0.2) is 71.4 Å². The molecule has 5 aromatic rings. The van der Waals surface area contributed by atoms with E-state index in [2.05, 4.69) is 21.1 Å². The molecule has 4 heterocycles. The molecule has 0 spiro atoms. The second-order valence-corrected chi connectivity index (χ2v) is 10.6. The van der Waals surface area contributed by atoms with Crippen molar-refractivity contribution in [2.45, 2.75) is 38.6 Å². The molecule has 218 valence electrons. The van der Waals surface area contributed by atoms with Crippen LogP contribution >= 0.6 is 11.6 Å². The first-order chi connectivity index (χ1) is 20.9. The standard InChI is InChI=1S/C31H27ClN6O5/c32-22-5-7-28(21(14-22)16-33)41-19-23-2-1-3-30(35-23)42-24-9-12-37(13-10-24)18-29-36-26-6-4-20(31(39)40)15-27(26)38(29)17-25-8-11-34-43-25/h1-8,11,14-15,24H,9-10,12-13,17-19H2,(H,39,40). The third kappa shape index (κ3) is 6.61. The van der Waals surface area contributed by atoms with E-state index in [-0.39, 0.29) is 18.3 Å². The number of hydrogen-bond donors (Lipinski definition) is 1. The normalized spacial score (nSPS) is 14.0. The molecule has 0 aliphatic carbocycles. The number of hydrogen-bond acceptors (Lipinski definition) is 9. The minimum absolute atomic E-state index is 0.00695. The number of halogens is 1. The van der Waals surface area contributed by atoms with Crippen molar-refractivity contribution in [3.8, 4) is 17.7 Å². The Kier molecular flexibility index (Phi) is 8.22. The predicted octanol–water partition coefficient (Wildman–Crippen LogP) is 5.31. The monoisotopic (exact) mass is 598 g/mol. The van der Waals surface area contributed by atoms with Crippen LogP contribution in [0.3, 0.4) is 0 Å². The van der Waals surface area contributed by atoms with Crippen LogP contribution < -0.4 is 9.47 Å². The molecule has 3 aromatic heterocycles. The zero-order valence-electron chi connectivity index (χ0n) is 23.0. The third-order valence-electron chi connectivity index (χ3n) is 7.29. The van der Waals surface area contributed by atoms with Crippen molar-refractivity contribution in [2.75, 3.05) is 13.1 Å². The van der Waals surface area contributed by atoms with E-state index < -0.39 is 5.97 Å². The van der Waals surface area contributed by atoms with Gasteiger partial charge in [0.1, 0.15) is 30.4 Å². The average Bonchev–Trinajstić information content (AvgIpc) is 3.65. The van der Waals surface area contributed by atoms with Gasteiger partial charge in [-0.15, -0.1) is 0 Å². The maximum Gasteiger partial charge on any atom is 0.335 e. The molecule has 11 nitrogen and oxygen atoms in total. The van der Waals surface area contributed by atoms with Gasteiger partial charge in [0, 0.05) is 30.2 Å². The lowest BCUT2D eigenvalue weighted by Gasteiger charge is -2.31. The highest BCUT2D eigenvalue weighted by Gasteiger charge is 2.24. The molecule has 2 aromatic carbocycles. The van der Waals surface area contributed by atoms with Gasteiger partial charge in [-0.1, -0.05) is 22.8 Å². The molecular formula is C31H27ClN6O5. The first kappa shape index (κ1) is 28.2. The van der Waals surface area contributed by atoms with Crippen LogP contribution in [0, 0.1) is 11.3 Å². The van der Waals surface area contributed by atoms with E-state index >= 15 is 0 Å². The van der Waals surface area contributed by atoms with E-state index in [4.69, 9.17) is 30.6 Å². The summed E-state index contributed by atoms with van der Waals surface area (Å²) >= 11 is 5.97. The number of benzene rings is 2. The van der Waals surface area contributed by atoms with E-state index in [1.807, 2.05) is 22.8 Å². The number of fused-ring (bicyclic) bond motifs is 1. The van der Waals surface area contributed by atoms with Crippen LogP contribution in [0.1, 0.15) is 46.0 Å². The number of carboxylic acids is 1. The summed E-state index contributed by atoms with van der Waals surface area (Å²) in [6.07, 6.45) is 3.21. The van der Waals surface area contributed by atoms with Crippen LogP contribution in [0.4, 0.5) is 0 Å². The number of ether oxygens (including phenoxy) is 2. The number of carboxylic acid groups (broad SMARTS) is 1. The molecule has 1 N–H and O–H groups in total. The Balaban J connectivity index is 1.08. The van der Waals surface area contributed by atoms with Crippen LogP contribution in [0.25, 0.3) is 11.0 Å². The summed E-state index contributed by atoms with van der Waals surface area (Å²) in [5.41, 5.74) is 2.72. The largest absolute Gasteiger partial charge is 0.486 e. The Morgan fingerprint density at radius 2 is 1.95 bits per heavy atom. The summed E-state index contributed by atoms with van der Waals surface area (Å²) < 4.78 is 19.4. The van der Waals surface area contributed by atoms with Gasteiger partial charge in [-0.05, 0) is 55.3 Å². The van der Waals surface area contributed by atoms with Crippen LogP contribution in [-0.2, 0) is 19.7 Å². The minimum Gasteiger partial charge on any atom is -0.486 e. The zero-order valence-corrected chi connectivity index (χ0v) is 23.8. The van der Waals surface area contributed by atoms with E-state index in [0.29, 0.717) is 46.8 Å². The lowest BCUT2D eigenvalue weighted by molar-refractivity contribution is 0.0697. The van der Waals surface area contributed by atoms with E-state index in [1.54, 1.807) is 48.7 Å². The predicted molar refractivity (Wildman–Crippen MR) is 156 cm³/mol. The molecule has 1 saturated heterocycles. The number of rotatable bonds is 10. The fourth-order valence-corrected chi connectivity index (χ4v) is 5.28. The van der Waals surface area contributed by atoms with Gasteiger partial charge >= 0.3 is 5.97 Å². The molecule has 1 aliphatic heterocycles. The van der Waals surface area contributed by atoms with Gasteiger partial charge in [0.2, 0.25) is 5.88 Å². The maximum atomic E-state index is 11.6. The SMILES string of the molecule is N#Cc1cc(Cl)ccc1OCc1cccc(OC2CCN(Cc3nc4ccc(C(=O)O)cc4n3Cc3ccno3)CC2)n1. The summed E-state index contributed by atoms with van der Waals surface area (Å²) in [6.45, 7) is 2.78. The molecule has 1 fully saturated rings. The number of likely N-dealkylation sites (tertiary alicyclic amines) is 1. The third-order valence-corrected chi connectivity index (χ3v) is 7.52. The quantitative estimate of drug-likeness (QED) is 0.225. The molecule has 0 bridgehead atoms. The first-order valence-corrected chi connectivity index (χ1v) is 14.1. The molecule has 0 saturated carbocycles. The lowest BCUT2D eigenvalue weighted by Crippen LogP contribution is -2.38. The van der Waals surface area contributed by atoms with Gasteiger partial charge in [-0.2, -0.15) is 5.26 Å². The van der Waals surface area contributed by atoms with Gasteiger partial charge in [-0.3, -0.25) is 4.90 Å². The van der Waals surface area contributed by atoms with E-state index in [9.17, 15) is 15.2 Å². The van der Waals surface area contributed by atoms with Crippen LogP contribution in [-0.4, -0.2) is 54.9 Å². The Labute approximate surface area is 251 Å². The number of aromatic nitrogens is 4. The van der Waals surface area contributed by atoms with Gasteiger partial charge in [0.15, 0.2) is 5.76 Å². The van der Waals surface area contributed by atoms with Crippen molar-refractivity contribution >= 4 is 28.6 Å². The molecule has 12 heteroatoms. The lowest BCUT2D eigenvalue weighted by atomic mass is 10.1. The Morgan fingerprint density at radius 3 is 2.72 bits per heavy atom. The summed E-state index contributed by atoms with van der Waals surface area (Å²) in [5.74, 6) is 1.47. The summed E-state index contributed by atoms with van der Waals surface area (Å²) in [7, 11) is 0. The molecule has 0 amide bonds. The number of imidazole rings is 1. The van der Waals surface area contributed by atoms with Gasteiger partial charge < -0.3 is 23.7 Å². The number of nitrogens with zero attached hydrogens (tertiary/aromatic N) is 6. The smallest absolute Gasteiger partial charge is 0.335 e. The molecule has 1 aliphatic rings. The van der Waals surface area contributed by atoms with Crippen molar-refractivity contribution < 1.29 is 23.9 Å². The minimum atomic E-state index is -0.986. The van der Waals surface area contributed by atoms with Crippen molar-refractivity contribution in [3.05, 3.63) is 100 Å². The van der Waals surface area contributed by atoms with Gasteiger partial charge in [0.05, 0.1) is 47.1 Å². The fourth-order valence-electron chi connectivity index (χ4n) is 5.11. The molecule has 6 rings (SSSR count). The number of carbonyl (C=O) groups is 1. The second kappa shape index (κ2) is 12.5. The molecule has 43 heavy (non-hydrogen) atoms. The highest BCUT2D eigenvalue weighted by Crippen LogP contribution is 2.25. The van der Waals surface area contributed by atoms with Crippen molar-refractivity contribution in [3.63, 3.8) is 0 Å². The van der Waals surface area contributed by atoms with Crippen molar-refractivity contribution in [1.82, 2.24) is 24.6 Å². The average molecular weight is 599 g/mol. The number of aromatic carboxylic acids is 1. The molecular weight excluding hydrogens is 572 g/mol. The molecule has 0 radical (unpaired) electrons. The van der Waals surface area contributed by atoms with Crippen molar-refractivity contribution in [2.24, 2.45) is 0 Å². The van der Waals surface area contributed by atoms with Gasteiger partial charge in [-0.25, -0.2) is 14.8 Å². The topological polar surface area (TPSA) is 140 Å². The Bertz CT molecular complexity index is 1790. The molecule has 0 unspecified atom stereocenters. The number of pyridine rings is 1. The highest BCUT2D eigenvalue weighted by atomic mass is 35.5. The Morgan fingerprint density at radius 1 is 1.09 bits per heavy atom. The summed E-state index contributed by atoms with van der Waals surface area (Å²) in [5, 5.41) is 23.1. The first-order valence-electron chi connectivity index (χ1n) is 13.7. The number of nitriles is 1. The van der Waals surface area contributed by atoms with Crippen LogP contribution in [0.5, 0.6) is 11.6 Å². The fraction of sp³-hybridized carbons (Fsp3) is 0.258. The Hall–Kier alpha value is -4.92. The maximum absolute atomic E-state index is 11.6. The van der Waals surface area contributed by atoms with E-state index in [1.165, 1.54) is 0 Å². The van der Waals surface area contributed by atoms with Gasteiger partial charge in [0.25, 0.3) is 0 Å². The summed E-state index contributed by atoms with van der Waals surface area (Å²) in [6, 6.07) is 19.3.